The van der Waals surface area contributed by atoms with Gasteiger partial charge in [-0.3, -0.25) is 4.79 Å². The van der Waals surface area contributed by atoms with E-state index in [1.54, 1.807) is 6.92 Å². The Hall–Kier alpha value is -1.35. The van der Waals surface area contributed by atoms with Crippen LogP contribution in [0.2, 0.25) is 0 Å². The van der Waals surface area contributed by atoms with Crippen LogP contribution in [0.3, 0.4) is 0 Å². The monoisotopic (exact) mass is 263 g/mol. The van der Waals surface area contributed by atoms with Gasteiger partial charge < -0.3 is 10.0 Å². The average Bonchev–Trinajstić information content (AvgIpc) is 2.30. The van der Waals surface area contributed by atoms with Crippen LogP contribution in [-0.2, 0) is 4.79 Å². The van der Waals surface area contributed by atoms with Crippen molar-refractivity contribution in [2.45, 2.75) is 40.7 Å². The molecule has 0 amide bonds. The van der Waals surface area contributed by atoms with Gasteiger partial charge in [0.25, 0.3) is 0 Å². The largest absolute Gasteiger partial charge is 0.481 e. The highest BCUT2D eigenvalue weighted by Crippen LogP contribution is 2.34. The minimum Gasteiger partial charge on any atom is -0.481 e. The molecule has 1 aromatic carbocycles. The van der Waals surface area contributed by atoms with E-state index in [0.29, 0.717) is 0 Å². The minimum absolute atomic E-state index is 0.101. The molecule has 0 saturated carbocycles. The number of carboxylic acid groups (broad SMARTS) is 1. The molecule has 1 N–H and O–H groups in total. The number of aliphatic carboxylic acids is 1. The third kappa shape index (κ3) is 2.98. The Morgan fingerprint density at radius 2 is 1.53 bits per heavy atom. The summed E-state index contributed by atoms with van der Waals surface area (Å²) < 4.78 is 0. The average molecular weight is 263 g/mol. The lowest BCUT2D eigenvalue weighted by molar-refractivity contribution is -0.143. The van der Waals surface area contributed by atoms with Crippen LogP contribution in [0.5, 0.6) is 0 Å². The van der Waals surface area contributed by atoms with Crippen LogP contribution < -0.4 is 0 Å². The van der Waals surface area contributed by atoms with Crippen LogP contribution >= 0.6 is 0 Å². The highest BCUT2D eigenvalue weighted by Gasteiger charge is 2.30. The third-order valence-electron chi connectivity index (χ3n) is 4.14. The molecule has 0 spiro atoms. The molecule has 0 aliphatic rings. The van der Waals surface area contributed by atoms with E-state index in [-0.39, 0.29) is 6.04 Å². The summed E-state index contributed by atoms with van der Waals surface area (Å²) in [7, 11) is 3.89. The Labute approximate surface area is 116 Å². The van der Waals surface area contributed by atoms with E-state index < -0.39 is 11.9 Å². The highest BCUT2D eigenvalue weighted by molar-refractivity contribution is 5.71. The Bertz CT molecular complexity index is 466. The standard InChI is InChI=1S/C16H25NO2/c1-9-8-10(2)12(4)14(11(9)3)15(17(6)7)13(5)16(18)19/h8,13,15H,1-7H3,(H,18,19). The Morgan fingerprint density at radius 3 is 1.84 bits per heavy atom. The smallest absolute Gasteiger partial charge is 0.308 e. The van der Waals surface area contributed by atoms with Gasteiger partial charge in [-0.25, -0.2) is 0 Å². The van der Waals surface area contributed by atoms with Crippen LogP contribution in [-0.4, -0.2) is 30.1 Å². The maximum absolute atomic E-state index is 11.4. The van der Waals surface area contributed by atoms with E-state index in [4.69, 9.17) is 0 Å². The van der Waals surface area contributed by atoms with E-state index in [1.807, 2.05) is 19.0 Å². The van der Waals surface area contributed by atoms with E-state index in [0.717, 1.165) is 5.56 Å². The number of benzene rings is 1. The second-order valence-corrected chi connectivity index (χ2v) is 5.71. The Kier molecular flexibility index (Phi) is 4.75. The van der Waals surface area contributed by atoms with Gasteiger partial charge >= 0.3 is 5.97 Å². The molecule has 0 fully saturated rings. The topological polar surface area (TPSA) is 40.5 Å². The SMILES string of the molecule is Cc1cc(C)c(C)c(C(C(C)C(=O)O)N(C)C)c1C. The van der Waals surface area contributed by atoms with Gasteiger partial charge in [0.2, 0.25) is 0 Å². The Balaban J connectivity index is 3.51. The zero-order valence-electron chi connectivity index (χ0n) is 13.0. The van der Waals surface area contributed by atoms with Crippen LogP contribution in [0, 0.1) is 33.6 Å². The number of carbonyl (C=O) groups is 1. The summed E-state index contributed by atoms with van der Waals surface area (Å²) in [6.45, 7) is 10.1. The van der Waals surface area contributed by atoms with Gasteiger partial charge in [-0.1, -0.05) is 13.0 Å². The van der Waals surface area contributed by atoms with Gasteiger partial charge in [-0.05, 0) is 69.6 Å². The first-order valence-corrected chi connectivity index (χ1v) is 6.65. The molecule has 0 aliphatic heterocycles. The molecule has 0 aliphatic carbocycles. The molecule has 0 saturated heterocycles. The quantitative estimate of drug-likeness (QED) is 0.906. The maximum Gasteiger partial charge on any atom is 0.308 e. The van der Waals surface area contributed by atoms with Crippen molar-refractivity contribution < 1.29 is 9.90 Å². The lowest BCUT2D eigenvalue weighted by atomic mass is 9.84. The second-order valence-electron chi connectivity index (χ2n) is 5.71. The first kappa shape index (κ1) is 15.7. The number of hydrogen-bond acceptors (Lipinski definition) is 2. The molecule has 0 bridgehead atoms. The van der Waals surface area contributed by atoms with Crippen LogP contribution in [0.25, 0.3) is 0 Å². The van der Waals surface area contributed by atoms with Gasteiger partial charge in [-0.2, -0.15) is 0 Å². The summed E-state index contributed by atoms with van der Waals surface area (Å²) in [5, 5.41) is 9.36. The minimum atomic E-state index is -0.753. The molecule has 2 unspecified atom stereocenters. The molecule has 19 heavy (non-hydrogen) atoms. The molecule has 1 aromatic rings. The zero-order chi connectivity index (χ0) is 14.9. The van der Waals surface area contributed by atoms with Crippen molar-refractivity contribution in [1.82, 2.24) is 4.90 Å². The van der Waals surface area contributed by atoms with Gasteiger partial charge in [-0.15, -0.1) is 0 Å². The Morgan fingerprint density at radius 1 is 1.11 bits per heavy atom. The zero-order valence-corrected chi connectivity index (χ0v) is 13.0. The summed E-state index contributed by atoms with van der Waals surface area (Å²) in [4.78, 5) is 13.4. The molecular weight excluding hydrogens is 238 g/mol. The fourth-order valence-corrected chi connectivity index (χ4v) is 2.78. The first-order chi connectivity index (χ1) is 8.68. The molecule has 1 rings (SSSR count). The summed E-state index contributed by atoms with van der Waals surface area (Å²) in [5.41, 5.74) is 6.02. The summed E-state index contributed by atoms with van der Waals surface area (Å²) >= 11 is 0. The van der Waals surface area contributed by atoms with Gasteiger partial charge in [0.1, 0.15) is 0 Å². The molecule has 3 nitrogen and oxygen atoms in total. The molecular formula is C16H25NO2. The number of carboxylic acids is 1. The predicted octanol–water partition coefficient (Wildman–Crippen LogP) is 3.24. The molecule has 3 heteroatoms. The second kappa shape index (κ2) is 5.74. The van der Waals surface area contributed by atoms with Crippen LogP contribution in [0.15, 0.2) is 6.07 Å². The lowest BCUT2D eigenvalue weighted by Gasteiger charge is -2.32. The number of rotatable bonds is 4. The van der Waals surface area contributed by atoms with Gasteiger partial charge in [0.05, 0.1) is 5.92 Å². The summed E-state index contributed by atoms with van der Waals surface area (Å²) in [6, 6.07) is 2.07. The van der Waals surface area contributed by atoms with Crippen molar-refractivity contribution >= 4 is 5.97 Å². The van der Waals surface area contributed by atoms with Crippen molar-refractivity contribution in [2.24, 2.45) is 5.92 Å². The van der Waals surface area contributed by atoms with Crippen molar-refractivity contribution in [3.63, 3.8) is 0 Å². The lowest BCUT2D eigenvalue weighted by Crippen LogP contribution is -2.32. The van der Waals surface area contributed by atoms with Crippen molar-refractivity contribution in [3.05, 3.63) is 33.9 Å². The van der Waals surface area contributed by atoms with Crippen molar-refractivity contribution in [1.29, 1.82) is 0 Å². The third-order valence-corrected chi connectivity index (χ3v) is 4.14. The fraction of sp³-hybridized carbons (Fsp3) is 0.562. The highest BCUT2D eigenvalue weighted by atomic mass is 16.4. The molecule has 2 atom stereocenters. The van der Waals surface area contributed by atoms with E-state index in [9.17, 15) is 9.90 Å². The van der Waals surface area contributed by atoms with Crippen molar-refractivity contribution in [3.8, 4) is 0 Å². The first-order valence-electron chi connectivity index (χ1n) is 6.65. The van der Waals surface area contributed by atoms with E-state index in [1.165, 1.54) is 22.3 Å². The van der Waals surface area contributed by atoms with E-state index >= 15 is 0 Å². The van der Waals surface area contributed by atoms with Crippen molar-refractivity contribution in [2.75, 3.05) is 14.1 Å². The van der Waals surface area contributed by atoms with Crippen LogP contribution in [0.4, 0.5) is 0 Å². The normalized spacial score (nSPS) is 14.5. The van der Waals surface area contributed by atoms with Gasteiger partial charge in [0, 0.05) is 6.04 Å². The molecule has 0 aromatic heterocycles. The molecule has 0 heterocycles. The van der Waals surface area contributed by atoms with E-state index in [2.05, 4.69) is 33.8 Å². The number of aryl methyl sites for hydroxylation is 2. The maximum atomic E-state index is 11.4. The number of nitrogens with zero attached hydrogens (tertiary/aromatic N) is 1. The summed E-state index contributed by atoms with van der Waals surface area (Å²) in [5.74, 6) is -1.19. The van der Waals surface area contributed by atoms with Crippen LogP contribution in [0.1, 0.15) is 40.8 Å². The molecule has 0 radical (unpaired) electrons. The number of hydrogen-bond donors (Lipinski definition) is 1. The summed E-state index contributed by atoms with van der Waals surface area (Å²) in [6.07, 6.45) is 0. The molecule has 106 valence electrons. The predicted molar refractivity (Wildman–Crippen MR) is 78.6 cm³/mol. The fourth-order valence-electron chi connectivity index (χ4n) is 2.78. The van der Waals surface area contributed by atoms with Gasteiger partial charge in [0.15, 0.2) is 0 Å².